The van der Waals surface area contributed by atoms with E-state index >= 15 is 0 Å². The molecule has 142 valence electrons. The molecular weight excluding hydrogens is 445 g/mol. The zero-order chi connectivity index (χ0) is 17.9. The number of halogens is 3. The first-order chi connectivity index (χ1) is 11.4. The van der Waals surface area contributed by atoms with Crippen molar-refractivity contribution in [3.05, 3.63) is 29.8 Å². The number of rotatable bonds is 8. The Labute approximate surface area is 163 Å². The number of carbonyl (C=O) groups is 1. The normalized spacial score (nSPS) is 10.9. The fourth-order valence-corrected chi connectivity index (χ4v) is 1.71. The van der Waals surface area contributed by atoms with Gasteiger partial charge in [0.2, 0.25) is 5.91 Å². The molecule has 0 aliphatic carbocycles. The van der Waals surface area contributed by atoms with Crippen LogP contribution in [0.2, 0.25) is 0 Å². The number of nitrogens with one attached hydrogen (secondary N) is 3. The Morgan fingerprint density at radius 1 is 1.16 bits per heavy atom. The number of ether oxygens (including phenoxy) is 1. The molecular formula is C16H25F2IN4O2. The van der Waals surface area contributed by atoms with Gasteiger partial charge in [0, 0.05) is 32.1 Å². The highest BCUT2D eigenvalue weighted by Crippen LogP contribution is 2.17. The van der Waals surface area contributed by atoms with Crippen molar-refractivity contribution < 1.29 is 18.3 Å². The second kappa shape index (κ2) is 12.7. The molecule has 0 bridgehead atoms. The Morgan fingerprint density at radius 3 is 2.40 bits per heavy atom. The van der Waals surface area contributed by atoms with Gasteiger partial charge < -0.3 is 20.7 Å². The van der Waals surface area contributed by atoms with E-state index in [0.717, 1.165) is 12.1 Å². The highest BCUT2D eigenvalue weighted by atomic mass is 127. The zero-order valence-electron chi connectivity index (χ0n) is 14.6. The largest absolute Gasteiger partial charge is 0.489 e. The average Bonchev–Trinajstić information content (AvgIpc) is 2.54. The van der Waals surface area contributed by atoms with E-state index in [2.05, 4.69) is 20.9 Å². The first-order valence-electron chi connectivity index (χ1n) is 7.74. The molecule has 0 saturated carbocycles. The summed E-state index contributed by atoms with van der Waals surface area (Å²) in [4.78, 5) is 15.4. The summed E-state index contributed by atoms with van der Waals surface area (Å²) in [5.41, 5.74) is 0. The fourth-order valence-electron chi connectivity index (χ4n) is 1.71. The summed E-state index contributed by atoms with van der Waals surface area (Å²) >= 11 is 0. The minimum Gasteiger partial charge on any atom is -0.489 e. The van der Waals surface area contributed by atoms with Crippen LogP contribution in [0, 0.1) is 17.6 Å². The van der Waals surface area contributed by atoms with Crippen molar-refractivity contribution >= 4 is 35.8 Å². The van der Waals surface area contributed by atoms with Crippen LogP contribution in [0.15, 0.2) is 23.2 Å². The summed E-state index contributed by atoms with van der Waals surface area (Å²) in [5.74, 6) is -0.902. The van der Waals surface area contributed by atoms with Gasteiger partial charge in [0.05, 0.1) is 6.54 Å². The maximum atomic E-state index is 13.4. The molecule has 0 radical (unpaired) electrons. The fraction of sp³-hybridized carbons (Fsp3) is 0.500. The van der Waals surface area contributed by atoms with E-state index in [1.54, 1.807) is 7.05 Å². The third-order valence-corrected chi connectivity index (χ3v) is 3.01. The Balaban J connectivity index is 0.00000576. The van der Waals surface area contributed by atoms with Crippen LogP contribution in [0.4, 0.5) is 8.78 Å². The lowest BCUT2D eigenvalue weighted by Crippen LogP contribution is -2.43. The van der Waals surface area contributed by atoms with Gasteiger partial charge in [0.15, 0.2) is 17.5 Å². The summed E-state index contributed by atoms with van der Waals surface area (Å²) in [6, 6.07) is 3.15. The van der Waals surface area contributed by atoms with Gasteiger partial charge in [-0.2, -0.15) is 0 Å². The van der Waals surface area contributed by atoms with Crippen LogP contribution in [-0.2, 0) is 4.79 Å². The molecule has 0 aliphatic rings. The Hall–Kier alpha value is -1.65. The molecule has 1 rings (SSSR count). The second-order valence-corrected chi connectivity index (χ2v) is 5.29. The number of hydrogen-bond donors (Lipinski definition) is 3. The van der Waals surface area contributed by atoms with Crippen LogP contribution in [-0.4, -0.2) is 45.2 Å². The van der Waals surface area contributed by atoms with E-state index in [1.807, 2.05) is 13.8 Å². The molecule has 0 heterocycles. The van der Waals surface area contributed by atoms with Crippen LogP contribution in [0.1, 0.15) is 13.8 Å². The van der Waals surface area contributed by atoms with Crippen molar-refractivity contribution in [2.45, 2.75) is 13.8 Å². The van der Waals surface area contributed by atoms with Gasteiger partial charge in [-0.1, -0.05) is 13.8 Å². The van der Waals surface area contributed by atoms with Gasteiger partial charge in [-0.25, -0.2) is 8.78 Å². The molecule has 1 aromatic rings. The summed E-state index contributed by atoms with van der Waals surface area (Å²) in [6.45, 7) is 5.23. The average molecular weight is 470 g/mol. The van der Waals surface area contributed by atoms with E-state index < -0.39 is 11.6 Å². The number of nitrogens with zero attached hydrogens (tertiary/aromatic N) is 1. The van der Waals surface area contributed by atoms with Crippen molar-refractivity contribution in [3.8, 4) is 5.75 Å². The summed E-state index contributed by atoms with van der Waals surface area (Å²) in [5, 5.41) is 8.79. The van der Waals surface area contributed by atoms with Gasteiger partial charge in [-0.15, -0.1) is 24.0 Å². The monoisotopic (exact) mass is 470 g/mol. The maximum absolute atomic E-state index is 13.4. The number of amides is 1. The van der Waals surface area contributed by atoms with Crippen LogP contribution in [0.5, 0.6) is 5.75 Å². The molecule has 0 spiro atoms. The van der Waals surface area contributed by atoms with Crippen molar-refractivity contribution in [2.75, 3.05) is 33.3 Å². The third kappa shape index (κ3) is 9.42. The third-order valence-electron chi connectivity index (χ3n) is 3.01. The van der Waals surface area contributed by atoms with E-state index in [1.165, 1.54) is 6.07 Å². The molecule has 3 N–H and O–H groups in total. The second-order valence-electron chi connectivity index (χ2n) is 5.29. The van der Waals surface area contributed by atoms with Crippen LogP contribution in [0.3, 0.4) is 0 Å². The minimum atomic E-state index is -0.738. The summed E-state index contributed by atoms with van der Waals surface area (Å²) in [6.07, 6.45) is 0. The van der Waals surface area contributed by atoms with Gasteiger partial charge in [0.1, 0.15) is 12.4 Å². The summed E-state index contributed by atoms with van der Waals surface area (Å²) < 4.78 is 31.4. The van der Waals surface area contributed by atoms with Crippen molar-refractivity contribution in [1.29, 1.82) is 0 Å². The minimum absolute atomic E-state index is 0. The highest BCUT2D eigenvalue weighted by molar-refractivity contribution is 14.0. The SMILES string of the molecule is CN=C(NCCNC(=O)C(C)C)NCCOc1ccc(F)cc1F.I. The lowest BCUT2D eigenvalue weighted by atomic mass is 10.2. The van der Waals surface area contributed by atoms with E-state index in [0.29, 0.717) is 25.6 Å². The molecule has 1 amide bonds. The molecule has 6 nitrogen and oxygen atoms in total. The van der Waals surface area contributed by atoms with Crippen LogP contribution < -0.4 is 20.7 Å². The maximum Gasteiger partial charge on any atom is 0.222 e. The smallest absolute Gasteiger partial charge is 0.222 e. The number of guanidine groups is 1. The molecule has 0 aromatic heterocycles. The van der Waals surface area contributed by atoms with Crippen molar-refractivity contribution in [2.24, 2.45) is 10.9 Å². The van der Waals surface area contributed by atoms with Gasteiger partial charge in [-0.05, 0) is 12.1 Å². The van der Waals surface area contributed by atoms with E-state index in [4.69, 9.17) is 4.74 Å². The number of carbonyl (C=O) groups excluding carboxylic acids is 1. The van der Waals surface area contributed by atoms with Crippen LogP contribution >= 0.6 is 24.0 Å². The molecule has 0 unspecified atom stereocenters. The molecule has 9 heteroatoms. The molecule has 1 aromatic carbocycles. The Morgan fingerprint density at radius 2 is 1.80 bits per heavy atom. The molecule has 0 saturated heterocycles. The number of hydrogen-bond acceptors (Lipinski definition) is 3. The first kappa shape index (κ1) is 23.4. The first-order valence-corrected chi connectivity index (χ1v) is 7.74. The Kier molecular flexibility index (Phi) is 11.8. The quantitative estimate of drug-likeness (QED) is 0.235. The molecule has 0 aliphatic heterocycles. The van der Waals surface area contributed by atoms with Crippen LogP contribution in [0.25, 0.3) is 0 Å². The van der Waals surface area contributed by atoms with Gasteiger partial charge >= 0.3 is 0 Å². The Bertz CT molecular complexity index is 571. The van der Waals surface area contributed by atoms with Crippen molar-refractivity contribution in [3.63, 3.8) is 0 Å². The number of aliphatic imine (C=N–C) groups is 1. The standard InChI is InChI=1S/C16H24F2N4O2.HI/c1-11(2)15(23)20-6-7-21-16(19-3)22-8-9-24-14-5-4-12(17)10-13(14)18;/h4-5,10-11H,6-9H2,1-3H3,(H,20,23)(H2,19,21,22);1H. The lowest BCUT2D eigenvalue weighted by molar-refractivity contribution is -0.123. The highest BCUT2D eigenvalue weighted by Gasteiger charge is 2.06. The van der Waals surface area contributed by atoms with E-state index in [9.17, 15) is 13.6 Å². The summed E-state index contributed by atoms with van der Waals surface area (Å²) in [7, 11) is 1.61. The predicted octanol–water partition coefficient (Wildman–Crippen LogP) is 1.90. The number of benzene rings is 1. The molecule has 0 atom stereocenters. The zero-order valence-corrected chi connectivity index (χ0v) is 16.9. The molecule has 0 fully saturated rings. The lowest BCUT2D eigenvalue weighted by Gasteiger charge is -2.13. The predicted molar refractivity (Wildman–Crippen MR) is 104 cm³/mol. The molecule has 25 heavy (non-hydrogen) atoms. The topological polar surface area (TPSA) is 74.8 Å². The van der Waals surface area contributed by atoms with Gasteiger partial charge in [-0.3, -0.25) is 9.79 Å². The van der Waals surface area contributed by atoms with Gasteiger partial charge in [0.25, 0.3) is 0 Å². The van der Waals surface area contributed by atoms with Crippen molar-refractivity contribution in [1.82, 2.24) is 16.0 Å². The van der Waals surface area contributed by atoms with E-state index in [-0.39, 0.29) is 48.2 Å².